The lowest BCUT2D eigenvalue weighted by Gasteiger charge is -2.09. The molecule has 5 heteroatoms. The van der Waals surface area contributed by atoms with Crippen molar-refractivity contribution in [3.8, 4) is 11.4 Å². The number of carbonyl (C=O) groups is 1. The number of para-hydroxylation sites is 1. The zero-order valence-electron chi connectivity index (χ0n) is 18.2. The van der Waals surface area contributed by atoms with Crippen LogP contribution in [0.3, 0.4) is 0 Å². The smallest absolute Gasteiger partial charge is 0.273 e. The van der Waals surface area contributed by atoms with Crippen LogP contribution in [0.2, 0.25) is 0 Å². The number of aryl methyl sites for hydroxylation is 1. The molecule has 4 aromatic rings. The number of carbonyl (C=O) groups excluding carboxylic acids is 1. The van der Waals surface area contributed by atoms with Gasteiger partial charge in [0.2, 0.25) is 0 Å². The first-order valence-electron chi connectivity index (χ1n) is 10.5. The summed E-state index contributed by atoms with van der Waals surface area (Å²) in [6.45, 7) is 4.42. The maximum Gasteiger partial charge on any atom is 0.273 e. The lowest BCUT2D eigenvalue weighted by Crippen LogP contribution is -2.18. The van der Waals surface area contributed by atoms with Crippen molar-refractivity contribution in [2.24, 2.45) is 5.10 Å². The highest BCUT2D eigenvalue weighted by atomic mass is 16.5. The second kappa shape index (κ2) is 9.79. The summed E-state index contributed by atoms with van der Waals surface area (Å²) in [6.07, 6.45) is 1.61. The van der Waals surface area contributed by atoms with Gasteiger partial charge < -0.3 is 9.30 Å². The van der Waals surface area contributed by atoms with Crippen molar-refractivity contribution in [1.82, 2.24) is 9.99 Å². The summed E-state index contributed by atoms with van der Waals surface area (Å²) in [7, 11) is 0. The highest BCUT2D eigenvalue weighted by Crippen LogP contribution is 2.20. The molecule has 1 heterocycles. The number of hydrogen-bond acceptors (Lipinski definition) is 3. The Bertz CT molecular complexity index is 1230. The Kier molecular flexibility index (Phi) is 6.46. The molecular formula is C27H25N3O2. The zero-order valence-corrected chi connectivity index (χ0v) is 18.2. The van der Waals surface area contributed by atoms with Gasteiger partial charge in [0.25, 0.3) is 5.91 Å². The summed E-state index contributed by atoms with van der Waals surface area (Å²) in [5.74, 6) is 0.503. The van der Waals surface area contributed by atoms with Crippen LogP contribution in [0.5, 0.6) is 5.75 Å². The molecule has 0 spiro atoms. The van der Waals surface area contributed by atoms with Crippen LogP contribution in [0.4, 0.5) is 0 Å². The van der Waals surface area contributed by atoms with E-state index in [1.165, 1.54) is 0 Å². The number of ether oxygens (including phenoxy) is 1. The standard InChI is InChI=1S/C27H25N3O2/c1-20-16-26(21(2)30(20)24-13-7-4-8-14-24)27(31)29-28-18-23-12-9-15-25(17-23)32-19-22-10-5-3-6-11-22/h3-18H,19H2,1-2H3,(H,29,31)/b28-18-. The lowest BCUT2D eigenvalue weighted by atomic mass is 10.2. The van der Waals surface area contributed by atoms with Gasteiger partial charge >= 0.3 is 0 Å². The molecule has 160 valence electrons. The van der Waals surface area contributed by atoms with E-state index in [1.54, 1.807) is 6.21 Å². The van der Waals surface area contributed by atoms with Gasteiger partial charge in [0, 0.05) is 17.1 Å². The van der Waals surface area contributed by atoms with Crippen LogP contribution >= 0.6 is 0 Å². The third-order valence-corrected chi connectivity index (χ3v) is 5.18. The molecule has 32 heavy (non-hydrogen) atoms. The molecular weight excluding hydrogens is 398 g/mol. The molecule has 0 saturated carbocycles. The minimum atomic E-state index is -0.243. The zero-order chi connectivity index (χ0) is 22.3. The molecule has 0 saturated heterocycles. The maximum atomic E-state index is 12.7. The van der Waals surface area contributed by atoms with Gasteiger partial charge in [-0.25, -0.2) is 5.43 Å². The molecule has 0 unspecified atom stereocenters. The molecule has 1 amide bonds. The Morgan fingerprint density at radius 1 is 0.938 bits per heavy atom. The summed E-state index contributed by atoms with van der Waals surface area (Å²) in [5.41, 5.74) is 8.07. The van der Waals surface area contributed by atoms with Crippen LogP contribution in [-0.2, 0) is 6.61 Å². The van der Waals surface area contributed by atoms with Crippen molar-refractivity contribution in [2.45, 2.75) is 20.5 Å². The van der Waals surface area contributed by atoms with Crippen LogP contribution in [-0.4, -0.2) is 16.7 Å². The Balaban J connectivity index is 1.41. The second-order valence-corrected chi connectivity index (χ2v) is 7.50. The number of hydrogen-bond donors (Lipinski definition) is 1. The Labute approximate surface area is 188 Å². The van der Waals surface area contributed by atoms with Crippen molar-refractivity contribution in [3.05, 3.63) is 119 Å². The van der Waals surface area contributed by atoms with E-state index in [0.29, 0.717) is 12.2 Å². The van der Waals surface area contributed by atoms with Gasteiger partial charge in [-0.1, -0.05) is 60.7 Å². The summed E-state index contributed by atoms with van der Waals surface area (Å²) in [4.78, 5) is 12.7. The first-order chi connectivity index (χ1) is 15.6. The topological polar surface area (TPSA) is 55.6 Å². The van der Waals surface area contributed by atoms with Gasteiger partial charge in [-0.05, 0) is 55.3 Å². The van der Waals surface area contributed by atoms with E-state index in [-0.39, 0.29) is 5.91 Å². The van der Waals surface area contributed by atoms with E-state index in [1.807, 2.05) is 105 Å². The van der Waals surface area contributed by atoms with Gasteiger partial charge in [-0.3, -0.25) is 4.79 Å². The highest BCUT2D eigenvalue weighted by molar-refractivity contribution is 5.96. The fraction of sp³-hybridized carbons (Fsp3) is 0.111. The molecule has 0 bridgehead atoms. The lowest BCUT2D eigenvalue weighted by molar-refractivity contribution is 0.0954. The SMILES string of the molecule is Cc1cc(C(=O)N/N=C\c2cccc(OCc3ccccc3)c2)c(C)n1-c1ccccc1. The van der Waals surface area contributed by atoms with Crippen molar-refractivity contribution in [2.75, 3.05) is 0 Å². The summed E-state index contributed by atoms with van der Waals surface area (Å²) >= 11 is 0. The second-order valence-electron chi connectivity index (χ2n) is 7.50. The number of hydrazone groups is 1. The van der Waals surface area contributed by atoms with Gasteiger partial charge in [0.05, 0.1) is 11.8 Å². The first kappa shape index (κ1) is 21.1. The van der Waals surface area contributed by atoms with Gasteiger partial charge in [0.15, 0.2) is 0 Å². The Morgan fingerprint density at radius 2 is 1.66 bits per heavy atom. The number of rotatable bonds is 7. The molecule has 0 aliphatic heterocycles. The molecule has 1 N–H and O–H groups in total. The minimum absolute atomic E-state index is 0.243. The molecule has 5 nitrogen and oxygen atoms in total. The Hall–Kier alpha value is -4.12. The van der Waals surface area contributed by atoms with Crippen molar-refractivity contribution < 1.29 is 9.53 Å². The first-order valence-corrected chi connectivity index (χ1v) is 10.5. The van der Waals surface area contributed by atoms with Crippen molar-refractivity contribution >= 4 is 12.1 Å². The molecule has 0 radical (unpaired) electrons. The predicted molar refractivity (Wildman–Crippen MR) is 128 cm³/mol. The highest BCUT2D eigenvalue weighted by Gasteiger charge is 2.16. The van der Waals surface area contributed by atoms with Crippen LogP contribution in [0.1, 0.15) is 32.9 Å². The number of nitrogens with one attached hydrogen (secondary N) is 1. The van der Waals surface area contributed by atoms with Crippen LogP contribution in [0.25, 0.3) is 5.69 Å². The predicted octanol–water partition coefficient (Wildman–Crippen LogP) is 5.44. The largest absolute Gasteiger partial charge is 0.489 e. The quantitative estimate of drug-likeness (QED) is 0.318. The summed E-state index contributed by atoms with van der Waals surface area (Å²) in [5, 5.41) is 4.14. The maximum absolute atomic E-state index is 12.7. The van der Waals surface area contributed by atoms with E-state index in [4.69, 9.17) is 4.74 Å². The molecule has 0 aliphatic carbocycles. The van der Waals surface area contributed by atoms with E-state index in [9.17, 15) is 4.79 Å². The van der Waals surface area contributed by atoms with Gasteiger partial charge in [-0.15, -0.1) is 0 Å². The number of nitrogens with zero attached hydrogens (tertiary/aromatic N) is 2. The molecule has 0 aliphatic rings. The third kappa shape index (κ3) is 4.95. The molecule has 0 atom stereocenters. The minimum Gasteiger partial charge on any atom is -0.489 e. The third-order valence-electron chi connectivity index (χ3n) is 5.18. The van der Waals surface area contributed by atoms with Crippen LogP contribution < -0.4 is 10.2 Å². The fourth-order valence-corrected chi connectivity index (χ4v) is 3.62. The summed E-state index contributed by atoms with van der Waals surface area (Å²) < 4.78 is 7.91. The van der Waals surface area contributed by atoms with Crippen LogP contribution in [0, 0.1) is 13.8 Å². The average molecular weight is 424 g/mol. The molecule has 1 aromatic heterocycles. The van der Waals surface area contributed by atoms with Gasteiger partial charge in [-0.2, -0.15) is 5.10 Å². The van der Waals surface area contributed by atoms with E-state index in [0.717, 1.165) is 34.0 Å². The van der Waals surface area contributed by atoms with Gasteiger partial charge in [0.1, 0.15) is 12.4 Å². The molecule has 3 aromatic carbocycles. The van der Waals surface area contributed by atoms with Crippen molar-refractivity contribution in [3.63, 3.8) is 0 Å². The number of aromatic nitrogens is 1. The van der Waals surface area contributed by atoms with Crippen LogP contribution in [0.15, 0.2) is 96.1 Å². The Morgan fingerprint density at radius 3 is 2.41 bits per heavy atom. The molecule has 4 rings (SSSR count). The molecule has 0 fully saturated rings. The number of amides is 1. The normalized spacial score (nSPS) is 10.9. The van der Waals surface area contributed by atoms with E-state index >= 15 is 0 Å². The summed E-state index contributed by atoms with van der Waals surface area (Å²) in [6, 6.07) is 29.5. The fourth-order valence-electron chi connectivity index (χ4n) is 3.62. The monoisotopic (exact) mass is 423 g/mol. The van der Waals surface area contributed by atoms with Crippen molar-refractivity contribution in [1.29, 1.82) is 0 Å². The average Bonchev–Trinajstić information content (AvgIpc) is 3.13. The number of benzene rings is 3. The van der Waals surface area contributed by atoms with E-state index < -0.39 is 0 Å². The van der Waals surface area contributed by atoms with E-state index in [2.05, 4.69) is 15.1 Å².